The lowest BCUT2D eigenvalue weighted by atomic mass is 10.1. The quantitative estimate of drug-likeness (QED) is 0.689. The predicted octanol–water partition coefficient (Wildman–Crippen LogP) is 3.92. The Morgan fingerprint density at radius 1 is 1.14 bits per heavy atom. The van der Waals surface area contributed by atoms with Crippen molar-refractivity contribution in [2.45, 2.75) is 26.3 Å². The van der Waals surface area contributed by atoms with Gasteiger partial charge in [-0.3, -0.25) is 9.69 Å². The Bertz CT molecular complexity index is 1010. The molecule has 1 aromatic heterocycles. The third-order valence-electron chi connectivity index (χ3n) is 4.03. The van der Waals surface area contributed by atoms with E-state index in [9.17, 15) is 9.59 Å². The van der Waals surface area contributed by atoms with Gasteiger partial charge in [0.05, 0.1) is 18.9 Å². The van der Waals surface area contributed by atoms with Gasteiger partial charge in [0, 0.05) is 16.6 Å². The largest absolute Gasteiger partial charge is 0.496 e. The molecular formula is C20H21N3O5. The number of carbonyl (C=O) groups is 2. The summed E-state index contributed by atoms with van der Waals surface area (Å²) < 4.78 is 10.2. The van der Waals surface area contributed by atoms with Crippen LogP contribution >= 0.6 is 0 Å². The number of ether oxygens (including phenoxy) is 1. The topological polar surface area (TPSA) is 93.9 Å². The number of anilines is 1. The summed E-state index contributed by atoms with van der Waals surface area (Å²) in [6, 6.07) is 11.9. The molecule has 146 valence electrons. The van der Waals surface area contributed by atoms with Crippen LogP contribution in [0.3, 0.4) is 0 Å². The van der Waals surface area contributed by atoms with Crippen LogP contribution in [-0.2, 0) is 4.84 Å². The normalized spacial score (nSPS) is 11.1. The maximum Gasteiger partial charge on any atom is 0.439 e. The van der Waals surface area contributed by atoms with Gasteiger partial charge in [-0.15, -0.1) is 0 Å². The number of methoxy groups -OCH3 is 1. The minimum absolute atomic E-state index is 0.256. The zero-order chi connectivity index (χ0) is 20.3. The molecule has 0 unspecified atom stereocenters. The molecule has 2 aromatic carbocycles. The summed E-state index contributed by atoms with van der Waals surface area (Å²) in [7, 11) is 1.46. The van der Waals surface area contributed by atoms with E-state index in [1.807, 2.05) is 20.8 Å². The third-order valence-corrected chi connectivity index (χ3v) is 4.03. The minimum Gasteiger partial charge on any atom is -0.496 e. The molecule has 0 atom stereocenters. The van der Waals surface area contributed by atoms with Crippen molar-refractivity contribution in [2.75, 3.05) is 12.0 Å². The third kappa shape index (κ3) is 3.90. The number of aromatic nitrogens is 1. The monoisotopic (exact) mass is 383 g/mol. The van der Waals surface area contributed by atoms with E-state index in [0.29, 0.717) is 17.0 Å². The van der Waals surface area contributed by atoms with Crippen molar-refractivity contribution in [1.82, 2.24) is 10.6 Å². The Morgan fingerprint density at radius 3 is 2.61 bits per heavy atom. The molecule has 28 heavy (non-hydrogen) atoms. The summed E-state index contributed by atoms with van der Waals surface area (Å²) in [5.41, 5.74) is 3.02. The number of hydrogen-bond donors (Lipinski definition) is 1. The Hall–Kier alpha value is -3.55. The molecule has 8 heteroatoms. The Labute approximate surface area is 162 Å². The van der Waals surface area contributed by atoms with Crippen LogP contribution in [-0.4, -0.2) is 29.8 Å². The maximum atomic E-state index is 12.8. The van der Waals surface area contributed by atoms with Gasteiger partial charge in [-0.05, 0) is 51.1 Å². The highest BCUT2D eigenvalue weighted by Crippen LogP contribution is 2.28. The van der Waals surface area contributed by atoms with Crippen molar-refractivity contribution < 1.29 is 23.7 Å². The van der Waals surface area contributed by atoms with Gasteiger partial charge in [-0.2, -0.15) is 5.48 Å². The fourth-order valence-corrected chi connectivity index (χ4v) is 2.79. The molecule has 0 radical (unpaired) electrons. The molecule has 0 aliphatic rings. The first kappa shape index (κ1) is 19.2. The van der Waals surface area contributed by atoms with Gasteiger partial charge >= 0.3 is 6.09 Å². The zero-order valence-corrected chi connectivity index (χ0v) is 16.1. The van der Waals surface area contributed by atoms with Crippen molar-refractivity contribution in [3.05, 3.63) is 54.2 Å². The number of nitrogens with one attached hydrogen (secondary N) is 1. The average Bonchev–Trinajstić information content (AvgIpc) is 3.13. The molecule has 1 N–H and O–H groups in total. The molecular weight excluding hydrogens is 362 g/mol. The number of carbonyl (C=O) groups excluding carboxylic acids is 2. The van der Waals surface area contributed by atoms with Crippen LogP contribution in [0.1, 0.15) is 31.1 Å². The summed E-state index contributed by atoms with van der Waals surface area (Å²) in [6.07, 6.45) is 0.834. The minimum atomic E-state index is -0.730. The summed E-state index contributed by atoms with van der Waals surface area (Å²) >= 11 is 0. The molecule has 1 heterocycles. The first-order valence-corrected chi connectivity index (χ1v) is 8.60. The van der Waals surface area contributed by atoms with E-state index in [1.165, 1.54) is 12.0 Å². The number of hydroxylamine groups is 1. The molecule has 8 nitrogen and oxygen atoms in total. The Balaban J connectivity index is 1.79. The lowest BCUT2D eigenvalue weighted by Gasteiger charge is -2.34. The van der Waals surface area contributed by atoms with Gasteiger partial charge in [0.15, 0.2) is 5.58 Å². The van der Waals surface area contributed by atoms with Crippen molar-refractivity contribution in [2.24, 2.45) is 0 Å². The van der Waals surface area contributed by atoms with Crippen LogP contribution in [0.15, 0.2) is 53.2 Å². The Morgan fingerprint density at radius 2 is 1.89 bits per heavy atom. The summed E-state index contributed by atoms with van der Waals surface area (Å²) in [5, 5.41) is 4.49. The van der Waals surface area contributed by atoms with Gasteiger partial charge < -0.3 is 14.1 Å². The molecule has 0 spiro atoms. The zero-order valence-electron chi connectivity index (χ0n) is 16.1. The van der Waals surface area contributed by atoms with Gasteiger partial charge in [0.2, 0.25) is 0 Å². The van der Waals surface area contributed by atoms with E-state index < -0.39 is 17.5 Å². The lowest BCUT2D eigenvalue weighted by Crippen LogP contribution is -2.48. The van der Waals surface area contributed by atoms with Gasteiger partial charge in [-0.1, -0.05) is 17.3 Å². The van der Waals surface area contributed by atoms with Crippen LogP contribution in [0.4, 0.5) is 10.5 Å². The second-order valence-corrected chi connectivity index (χ2v) is 7.05. The second-order valence-electron chi connectivity index (χ2n) is 7.05. The average molecular weight is 383 g/mol. The molecule has 0 bridgehead atoms. The molecule has 3 aromatic rings. The number of nitrogens with zero attached hydrogens (tertiary/aromatic N) is 2. The first-order chi connectivity index (χ1) is 13.3. The fourth-order valence-electron chi connectivity index (χ4n) is 2.79. The van der Waals surface area contributed by atoms with Crippen molar-refractivity contribution in [3.63, 3.8) is 0 Å². The highest BCUT2D eigenvalue weighted by molar-refractivity contribution is 5.98. The van der Waals surface area contributed by atoms with Crippen LogP contribution in [0.25, 0.3) is 11.0 Å². The van der Waals surface area contributed by atoms with Crippen molar-refractivity contribution in [1.29, 1.82) is 0 Å². The summed E-state index contributed by atoms with van der Waals surface area (Å²) in [4.78, 5) is 31.7. The standard InChI is InChI=1S/C20H21N3O5/c1-20(2,3)23(14-9-10-16-13(11-14)12-21-27-16)19(25)28-22-18(24)15-7-5-6-8-17(15)26-4/h5-12H,1-4H3,(H,22,24). The molecule has 0 aliphatic carbocycles. The van der Waals surface area contributed by atoms with Crippen molar-refractivity contribution in [3.8, 4) is 5.75 Å². The fraction of sp³-hybridized carbons (Fsp3) is 0.250. The molecule has 0 fully saturated rings. The summed E-state index contributed by atoms with van der Waals surface area (Å²) in [5.74, 6) is -0.212. The lowest BCUT2D eigenvalue weighted by molar-refractivity contribution is 0.0579. The first-order valence-electron chi connectivity index (χ1n) is 8.60. The smallest absolute Gasteiger partial charge is 0.439 e. The van der Waals surface area contributed by atoms with E-state index in [2.05, 4.69) is 10.6 Å². The van der Waals surface area contributed by atoms with Crippen LogP contribution in [0.2, 0.25) is 0 Å². The van der Waals surface area contributed by atoms with Crippen LogP contribution < -0.4 is 15.1 Å². The van der Waals surface area contributed by atoms with Crippen molar-refractivity contribution >= 4 is 28.7 Å². The number of fused-ring (bicyclic) bond motifs is 1. The Kier molecular flexibility index (Phi) is 5.21. The van der Waals surface area contributed by atoms with Crippen LogP contribution in [0, 0.1) is 0 Å². The van der Waals surface area contributed by atoms with E-state index in [1.54, 1.807) is 48.7 Å². The molecule has 0 saturated carbocycles. The number of benzene rings is 2. The van der Waals surface area contributed by atoms with Gasteiger partial charge in [0.25, 0.3) is 5.91 Å². The molecule has 0 aliphatic heterocycles. The highest BCUT2D eigenvalue weighted by Gasteiger charge is 2.31. The van der Waals surface area contributed by atoms with Gasteiger partial charge in [0.1, 0.15) is 5.75 Å². The molecule has 0 saturated heterocycles. The number of para-hydroxylation sites is 1. The molecule has 3 rings (SSSR count). The predicted molar refractivity (Wildman–Crippen MR) is 103 cm³/mol. The van der Waals surface area contributed by atoms with Gasteiger partial charge in [-0.25, -0.2) is 4.79 Å². The van der Waals surface area contributed by atoms with E-state index in [0.717, 1.165) is 5.39 Å². The highest BCUT2D eigenvalue weighted by atomic mass is 16.7. The van der Waals surface area contributed by atoms with E-state index in [4.69, 9.17) is 14.1 Å². The maximum absolute atomic E-state index is 12.8. The number of hydrogen-bond acceptors (Lipinski definition) is 6. The number of rotatable bonds is 3. The number of amides is 2. The van der Waals surface area contributed by atoms with Crippen LogP contribution in [0.5, 0.6) is 5.75 Å². The van der Waals surface area contributed by atoms with E-state index in [-0.39, 0.29) is 5.56 Å². The molecule has 2 amide bonds. The summed E-state index contributed by atoms with van der Waals surface area (Å²) in [6.45, 7) is 5.57. The SMILES string of the molecule is COc1ccccc1C(=O)NOC(=O)N(c1ccc2oncc2c1)C(C)(C)C. The van der Waals surface area contributed by atoms with E-state index >= 15 is 0 Å². The second kappa shape index (κ2) is 7.59.